The Labute approximate surface area is 188 Å². The Morgan fingerprint density at radius 3 is 2.34 bits per heavy atom. The molecule has 7 nitrogen and oxygen atoms in total. The highest BCUT2D eigenvalue weighted by atomic mass is 32.2. The van der Waals surface area contributed by atoms with Crippen LogP contribution in [-0.2, 0) is 26.2 Å². The van der Waals surface area contributed by atoms with Crippen LogP contribution in [0.25, 0.3) is 0 Å². The lowest BCUT2D eigenvalue weighted by atomic mass is 9.81. The molecule has 2 fully saturated rings. The maximum absolute atomic E-state index is 13.2. The number of anilines is 1. The fourth-order valence-corrected chi connectivity index (χ4v) is 6.00. The molecule has 170 valence electrons. The smallest absolute Gasteiger partial charge is 0.262 e. The molecule has 0 spiro atoms. The van der Waals surface area contributed by atoms with Crippen molar-refractivity contribution in [3.05, 3.63) is 53.6 Å². The number of para-hydroxylation sites is 2. The van der Waals surface area contributed by atoms with Gasteiger partial charge in [0, 0.05) is 0 Å². The van der Waals surface area contributed by atoms with Crippen molar-refractivity contribution in [2.75, 3.05) is 11.3 Å². The molecule has 8 heteroatoms. The highest BCUT2D eigenvalue weighted by Crippen LogP contribution is 2.38. The van der Waals surface area contributed by atoms with Crippen molar-refractivity contribution in [2.24, 2.45) is 11.8 Å². The number of benzene rings is 2. The number of sulfonamides is 1. The van der Waals surface area contributed by atoms with Gasteiger partial charge in [-0.05, 0) is 56.0 Å². The molecule has 2 atom stereocenters. The first-order valence-electron chi connectivity index (χ1n) is 11.0. The van der Waals surface area contributed by atoms with Crippen LogP contribution in [0.3, 0.4) is 0 Å². The van der Waals surface area contributed by atoms with Crippen LogP contribution >= 0.6 is 0 Å². The molecular formula is C24H28N2O5S. The van der Waals surface area contributed by atoms with E-state index in [1.807, 2.05) is 6.92 Å². The molecule has 32 heavy (non-hydrogen) atoms. The molecule has 1 aliphatic heterocycles. The van der Waals surface area contributed by atoms with Crippen LogP contribution in [0.15, 0.2) is 47.4 Å². The summed E-state index contributed by atoms with van der Waals surface area (Å²) in [6, 6.07) is 11.9. The second kappa shape index (κ2) is 8.94. The molecule has 0 bridgehead atoms. The summed E-state index contributed by atoms with van der Waals surface area (Å²) in [6.07, 6.45) is 3.44. The van der Waals surface area contributed by atoms with Crippen LogP contribution in [0.4, 0.5) is 5.69 Å². The van der Waals surface area contributed by atoms with Crippen LogP contribution in [0.5, 0.6) is 5.75 Å². The van der Waals surface area contributed by atoms with Crippen molar-refractivity contribution in [3.63, 3.8) is 0 Å². The Balaban J connectivity index is 1.59. The molecule has 4 rings (SSSR count). The Morgan fingerprint density at radius 2 is 1.69 bits per heavy atom. The van der Waals surface area contributed by atoms with Gasteiger partial charge in [-0.2, -0.15) is 0 Å². The fourth-order valence-electron chi connectivity index (χ4n) is 4.63. The molecule has 2 amide bonds. The van der Waals surface area contributed by atoms with Crippen molar-refractivity contribution in [2.45, 2.75) is 51.0 Å². The molecule has 1 aliphatic carbocycles. The number of nitrogens with one attached hydrogen (secondary N) is 1. The molecule has 2 aliphatic rings. The number of carbonyl (C=O) groups is 2. The average molecular weight is 457 g/mol. The van der Waals surface area contributed by atoms with Crippen LogP contribution in [0, 0.1) is 18.8 Å². The number of hydrogen-bond acceptors (Lipinski definition) is 5. The number of fused-ring (bicyclic) bond motifs is 1. The monoisotopic (exact) mass is 456 g/mol. The first-order chi connectivity index (χ1) is 15.3. The molecule has 0 aromatic heterocycles. The van der Waals surface area contributed by atoms with E-state index < -0.39 is 10.0 Å². The van der Waals surface area contributed by atoms with Crippen LogP contribution in [-0.4, -0.2) is 31.7 Å². The second-order valence-corrected chi connectivity index (χ2v) is 10.0. The minimum Gasteiger partial charge on any atom is -0.492 e. The van der Waals surface area contributed by atoms with Crippen LogP contribution in [0.1, 0.15) is 43.7 Å². The van der Waals surface area contributed by atoms with E-state index in [4.69, 9.17) is 4.74 Å². The first kappa shape index (κ1) is 22.3. The van der Waals surface area contributed by atoms with Crippen LogP contribution < -0.4 is 9.46 Å². The maximum Gasteiger partial charge on any atom is 0.262 e. The van der Waals surface area contributed by atoms with Crippen LogP contribution in [0.2, 0.25) is 0 Å². The van der Waals surface area contributed by atoms with Gasteiger partial charge < -0.3 is 4.74 Å². The zero-order valence-electron chi connectivity index (χ0n) is 18.3. The number of rotatable bonds is 7. The normalized spacial score (nSPS) is 20.9. The van der Waals surface area contributed by atoms with E-state index >= 15 is 0 Å². The molecule has 2 unspecified atom stereocenters. The zero-order valence-corrected chi connectivity index (χ0v) is 19.2. The van der Waals surface area contributed by atoms with Crippen molar-refractivity contribution >= 4 is 27.5 Å². The Morgan fingerprint density at radius 1 is 1.03 bits per heavy atom. The topological polar surface area (TPSA) is 92.8 Å². The van der Waals surface area contributed by atoms with Gasteiger partial charge in [0.15, 0.2) is 0 Å². The molecule has 2 aromatic rings. The number of hydrogen-bond donors (Lipinski definition) is 1. The zero-order chi connectivity index (χ0) is 22.9. The summed E-state index contributed by atoms with van der Waals surface area (Å²) in [5.41, 5.74) is 1.53. The van der Waals surface area contributed by atoms with E-state index in [1.54, 1.807) is 49.4 Å². The lowest BCUT2D eigenvalue weighted by Gasteiger charge is -2.19. The number of likely N-dealkylation sites (tertiary alicyclic amines) is 1. The number of imide groups is 1. The minimum absolute atomic E-state index is 0.0863. The maximum atomic E-state index is 13.2. The number of carbonyl (C=O) groups excluding carboxylic acids is 2. The standard InChI is InChI=1S/C24H28N2O5S/c1-3-31-21-11-7-6-10-20(21)25-32(29,30)22-14-17(13-12-16(22)2)15-26-23(27)18-8-4-5-9-19(18)24(26)28/h6-7,10-14,18-19,25H,3-5,8-9,15H2,1-2H3. The Hall–Kier alpha value is -2.87. The number of aryl methyl sites for hydroxylation is 1. The van der Waals surface area contributed by atoms with Crippen molar-refractivity contribution in [3.8, 4) is 5.75 Å². The Bertz CT molecular complexity index is 1120. The molecule has 2 aromatic carbocycles. The summed E-state index contributed by atoms with van der Waals surface area (Å²) in [5.74, 6) is -0.256. The van der Waals surface area contributed by atoms with Crippen molar-refractivity contribution < 1.29 is 22.7 Å². The van der Waals surface area contributed by atoms with E-state index in [9.17, 15) is 18.0 Å². The van der Waals surface area contributed by atoms with Gasteiger partial charge in [-0.15, -0.1) is 0 Å². The lowest BCUT2D eigenvalue weighted by molar-refractivity contribution is -0.140. The summed E-state index contributed by atoms with van der Waals surface area (Å²) in [4.78, 5) is 27.0. The first-order valence-corrected chi connectivity index (χ1v) is 12.5. The number of amides is 2. The van der Waals surface area contributed by atoms with Gasteiger partial charge in [-0.3, -0.25) is 19.2 Å². The van der Waals surface area contributed by atoms with E-state index in [1.165, 1.54) is 4.90 Å². The summed E-state index contributed by atoms with van der Waals surface area (Å²) in [6.45, 7) is 4.04. The van der Waals surface area contributed by atoms with E-state index in [2.05, 4.69) is 4.72 Å². The summed E-state index contributed by atoms with van der Waals surface area (Å²) >= 11 is 0. The SMILES string of the molecule is CCOc1ccccc1NS(=O)(=O)c1cc(CN2C(=O)C3CCCCC3C2=O)ccc1C. The third-order valence-corrected chi connectivity index (χ3v) is 7.75. The van der Waals surface area contributed by atoms with Gasteiger partial charge in [0.25, 0.3) is 10.0 Å². The van der Waals surface area contributed by atoms with Gasteiger partial charge in [0.2, 0.25) is 11.8 Å². The van der Waals surface area contributed by atoms with Crippen molar-refractivity contribution in [1.29, 1.82) is 0 Å². The summed E-state index contributed by atoms with van der Waals surface area (Å²) in [5, 5.41) is 0. The van der Waals surface area contributed by atoms with Gasteiger partial charge >= 0.3 is 0 Å². The minimum atomic E-state index is -3.91. The average Bonchev–Trinajstić information content (AvgIpc) is 3.01. The predicted octanol–water partition coefficient (Wildman–Crippen LogP) is 3.87. The van der Waals surface area contributed by atoms with E-state index in [0.717, 1.165) is 25.7 Å². The van der Waals surface area contributed by atoms with Crippen molar-refractivity contribution in [1.82, 2.24) is 4.90 Å². The summed E-state index contributed by atoms with van der Waals surface area (Å²) < 4.78 is 34.5. The molecule has 1 saturated carbocycles. The fraction of sp³-hybridized carbons (Fsp3) is 0.417. The molecule has 0 radical (unpaired) electrons. The number of nitrogens with zero attached hydrogens (tertiary/aromatic N) is 1. The molecule has 1 saturated heterocycles. The Kier molecular flexibility index (Phi) is 6.24. The second-order valence-electron chi connectivity index (χ2n) is 8.39. The van der Waals surface area contributed by atoms with Gasteiger partial charge in [-0.25, -0.2) is 8.42 Å². The number of ether oxygens (including phenoxy) is 1. The third kappa shape index (κ3) is 4.24. The van der Waals surface area contributed by atoms with Gasteiger partial charge in [-0.1, -0.05) is 37.1 Å². The lowest BCUT2D eigenvalue weighted by Crippen LogP contribution is -2.30. The quantitative estimate of drug-likeness (QED) is 0.639. The van der Waals surface area contributed by atoms with E-state index in [0.29, 0.717) is 29.2 Å². The predicted molar refractivity (Wildman–Crippen MR) is 121 cm³/mol. The molecular weight excluding hydrogens is 428 g/mol. The van der Waals surface area contributed by atoms with Gasteiger partial charge in [0.1, 0.15) is 5.75 Å². The van der Waals surface area contributed by atoms with E-state index in [-0.39, 0.29) is 35.1 Å². The molecule has 1 heterocycles. The summed E-state index contributed by atoms with van der Waals surface area (Å²) in [7, 11) is -3.91. The highest BCUT2D eigenvalue weighted by molar-refractivity contribution is 7.92. The molecule has 1 N–H and O–H groups in total. The third-order valence-electron chi connectivity index (χ3n) is 6.25. The highest BCUT2D eigenvalue weighted by Gasteiger charge is 2.47. The largest absolute Gasteiger partial charge is 0.492 e. The van der Waals surface area contributed by atoms with Gasteiger partial charge in [0.05, 0.1) is 35.6 Å².